The van der Waals surface area contributed by atoms with Crippen LogP contribution >= 0.6 is 0 Å². The molecule has 0 saturated carbocycles. The second-order valence-electron chi connectivity index (χ2n) is 4.38. The fourth-order valence-electron chi connectivity index (χ4n) is 1.85. The predicted molar refractivity (Wildman–Crippen MR) is 64.5 cm³/mol. The van der Waals surface area contributed by atoms with E-state index in [4.69, 9.17) is 0 Å². The number of fused-ring (bicyclic) bond motifs is 1. The predicted octanol–water partition coefficient (Wildman–Crippen LogP) is 1.69. The molecule has 1 atom stereocenters. The van der Waals surface area contributed by atoms with Crippen LogP contribution in [0.5, 0.6) is 0 Å². The summed E-state index contributed by atoms with van der Waals surface area (Å²) in [4.78, 5) is 4.56. The van der Waals surface area contributed by atoms with Crippen LogP contribution in [0.4, 0.5) is 0 Å². The maximum atomic E-state index is 4.56. The van der Waals surface area contributed by atoms with Crippen LogP contribution in [0.1, 0.15) is 25.6 Å². The Kier molecular flexibility index (Phi) is 3.19. The number of likely N-dealkylation sites (N-methyl/N-ethyl adjacent to an activating group) is 1. The van der Waals surface area contributed by atoms with Crippen molar-refractivity contribution in [2.24, 2.45) is 5.92 Å². The van der Waals surface area contributed by atoms with Crippen LogP contribution in [-0.2, 0) is 0 Å². The van der Waals surface area contributed by atoms with Crippen molar-refractivity contribution in [3.8, 4) is 0 Å². The number of nitrogens with one attached hydrogen (secondary N) is 1. The highest BCUT2D eigenvalue weighted by Crippen LogP contribution is 2.20. The van der Waals surface area contributed by atoms with Gasteiger partial charge < -0.3 is 5.32 Å². The first-order chi connectivity index (χ1) is 7.72. The van der Waals surface area contributed by atoms with Gasteiger partial charge in [0.25, 0.3) is 0 Å². The molecule has 2 aromatic rings. The smallest absolute Gasteiger partial charge is 0.156 e. The summed E-state index contributed by atoms with van der Waals surface area (Å²) in [5, 5.41) is 7.72. The Morgan fingerprint density at radius 3 is 2.81 bits per heavy atom. The van der Waals surface area contributed by atoms with Crippen molar-refractivity contribution in [2.75, 3.05) is 13.6 Å². The largest absolute Gasteiger partial charge is 0.319 e. The summed E-state index contributed by atoms with van der Waals surface area (Å²) in [7, 11) is 1.96. The van der Waals surface area contributed by atoms with Crippen molar-refractivity contribution in [3.63, 3.8) is 0 Å². The summed E-state index contributed by atoms with van der Waals surface area (Å²) in [6.07, 6.45) is 1.93. The van der Waals surface area contributed by atoms with Crippen molar-refractivity contribution in [1.29, 1.82) is 0 Å². The van der Waals surface area contributed by atoms with Gasteiger partial charge in [-0.3, -0.25) is 0 Å². The molecule has 4 heteroatoms. The van der Waals surface area contributed by atoms with Crippen molar-refractivity contribution in [2.45, 2.75) is 19.8 Å². The first-order valence-corrected chi connectivity index (χ1v) is 5.68. The maximum absolute atomic E-state index is 4.56. The highest BCUT2D eigenvalue weighted by molar-refractivity contribution is 5.36. The topological polar surface area (TPSA) is 42.2 Å². The van der Waals surface area contributed by atoms with E-state index in [1.54, 1.807) is 0 Å². The van der Waals surface area contributed by atoms with Gasteiger partial charge in [0.2, 0.25) is 0 Å². The van der Waals surface area contributed by atoms with Crippen LogP contribution in [0.15, 0.2) is 24.4 Å². The van der Waals surface area contributed by atoms with Crippen LogP contribution in [0, 0.1) is 5.92 Å². The number of hydrogen-bond donors (Lipinski definition) is 1. The van der Waals surface area contributed by atoms with Crippen molar-refractivity contribution < 1.29 is 0 Å². The van der Waals surface area contributed by atoms with E-state index in [1.165, 1.54) is 0 Å². The van der Waals surface area contributed by atoms with Gasteiger partial charge >= 0.3 is 0 Å². The van der Waals surface area contributed by atoms with E-state index in [2.05, 4.69) is 29.2 Å². The molecule has 4 nitrogen and oxygen atoms in total. The third-order valence-corrected chi connectivity index (χ3v) is 2.82. The molecule has 2 heterocycles. The van der Waals surface area contributed by atoms with Gasteiger partial charge in [0.1, 0.15) is 0 Å². The lowest BCUT2D eigenvalue weighted by Crippen LogP contribution is -2.22. The maximum Gasteiger partial charge on any atom is 0.156 e. The first kappa shape index (κ1) is 11.1. The fourth-order valence-corrected chi connectivity index (χ4v) is 1.85. The summed E-state index contributed by atoms with van der Waals surface area (Å²) < 4.78 is 1.83. The molecule has 0 aliphatic rings. The zero-order chi connectivity index (χ0) is 11.5. The normalized spacial score (nSPS) is 13.5. The first-order valence-electron chi connectivity index (χ1n) is 5.68. The van der Waals surface area contributed by atoms with Gasteiger partial charge in [0, 0.05) is 18.7 Å². The molecular formula is C12H18N4. The van der Waals surface area contributed by atoms with Gasteiger partial charge in [-0.2, -0.15) is 5.10 Å². The summed E-state index contributed by atoms with van der Waals surface area (Å²) in [6.45, 7) is 5.32. The number of aromatic nitrogens is 3. The zero-order valence-electron chi connectivity index (χ0n) is 10.0. The van der Waals surface area contributed by atoms with Crippen LogP contribution in [-0.4, -0.2) is 28.2 Å². The number of nitrogens with zero attached hydrogens (tertiary/aromatic N) is 3. The molecule has 0 saturated heterocycles. The summed E-state index contributed by atoms with van der Waals surface area (Å²) >= 11 is 0. The number of rotatable bonds is 4. The molecule has 1 unspecified atom stereocenters. The molecule has 1 N–H and O–H groups in total. The minimum Gasteiger partial charge on any atom is -0.319 e. The third-order valence-electron chi connectivity index (χ3n) is 2.82. The second-order valence-corrected chi connectivity index (χ2v) is 4.38. The molecule has 0 spiro atoms. The zero-order valence-corrected chi connectivity index (χ0v) is 10.0. The quantitative estimate of drug-likeness (QED) is 0.849. The summed E-state index contributed by atoms with van der Waals surface area (Å²) in [5.74, 6) is 1.82. The van der Waals surface area contributed by atoms with Crippen LogP contribution in [0.3, 0.4) is 0 Å². The Balaban J connectivity index is 2.37. The Labute approximate surface area is 95.7 Å². The third kappa shape index (κ3) is 2.07. The minimum absolute atomic E-state index is 0.366. The molecule has 0 aliphatic heterocycles. The molecule has 0 radical (unpaired) electrons. The molecular weight excluding hydrogens is 200 g/mol. The Hall–Kier alpha value is -1.42. The standard InChI is InChI=1S/C12H18N4/c1-9(2)10(8-13-3)12-14-11-6-4-5-7-16(11)15-12/h4-7,9-10,13H,8H2,1-3H3. The van der Waals surface area contributed by atoms with E-state index in [0.717, 1.165) is 18.0 Å². The lowest BCUT2D eigenvalue weighted by Gasteiger charge is -2.16. The molecule has 0 aliphatic carbocycles. The van der Waals surface area contributed by atoms with Gasteiger partial charge in [-0.15, -0.1) is 0 Å². The van der Waals surface area contributed by atoms with E-state index in [0.29, 0.717) is 11.8 Å². The second kappa shape index (κ2) is 4.61. The number of pyridine rings is 1. The molecule has 2 aromatic heterocycles. The number of hydrogen-bond acceptors (Lipinski definition) is 3. The Bertz CT molecular complexity index is 428. The van der Waals surface area contributed by atoms with E-state index < -0.39 is 0 Å². The molecule has 16 heavy (non-hydrogen) atoms. The van der Waals surface area contributed by atoms with E-state index in [1.807, 2.05) is 36.0 Å². The fraction of sp³-hybridized carbons (Fsp3) is 0.500. The Morgan fingerprint density at radius 2 is 2.19 bits per heavy atom. The average Bonchev–Trinajstić information content (AvgIpc) is 2.68. The summed E-state index contributed by atoms with van der Waals surface area (Å²) in [6, 6.07) is 5.93. The van der Waals surface area contributed by atoms with Gasteiger partial charge in [-0.1, -0.05) is 19.9 Å². The molecule has 2 rings (SSSR count). The van der Waals surface area contributed by atoms with E-state index in [9.17, 15) is 0 Å². The molecule has 0 aromatic carbocycles. The van der Waals surface area contributed by atoms with Crippen molar-refractivity contribution in [3.05, 3.63) is 30.2 Å². The van der Waals surface area contributed by atoms with Gasteiger partial charge in [-0.25, -0.2) is 9.50 Å². The lowest BCUT2D eigenvalue weighted by atomic mass is 9.95. The van der Waals surface area contributed by atoms with Crippen LogP contribution in [0.25, 0.3) is 5.65 Å². The van der Waals surface area contributed by atoms with E-state index in [-0.39, 0.29) is 0 Å². The average molecular weight is 218 g/mol. The highest BCUT2D eigenvalue weighted by atomic mass is 15.3. The Morgan fingerprint density at radius 1 is 1.38 bits per heavy atom. The monoisotopic (exact) mass is 218 g/mol. The minimum atomic E-state index is 0.366. The van der Waals surface area contributed by atoms with Crippen LogP contribution in [0.2, 0.25) is 0 Å². The van der Waals surface area contributed by atoms with Gasteiger partial charge in [0.15, 0.2) is 11.5 Å². The molecule has 0 bridgehead atoms. The SMILES string of the molecule is CNCC(c1nc2ccccn2n1)C(C)C. The van der Waals surface area contributed by atoms with Crippen molar-refractivity contribution >= 4 is 5.65 Å². The summed E-state index contributed by atoms with van der Waals surface area (Å²) in [5.41, 5.74) is 0.916. The van der Waals surface area contributed by atoms with Gasteiger partial charge in [0.05, 0.1) is 0 Å². The van der Waals surface area contributed by atoms with Gasteiger partial charge in [-0.05, 0) is 25.1 Å². The van der Waals surface area contributed by atoms with Crippen molar-refractivity contribution in [1.82, 2.24) is 19.9 Å². The molecule has 86 valence electrons. The van der Waals surface area contributed by atoms with E-state index >= 15 is 0 Å². The molecule has 0 fully saturated rings. The molecule has 0 amide bonds. The highest BCUT2D eigenvalue weighted by Gasteiger charge is 2.19. The lowest BCUT2D eigenvalue weighted by molar-refractivity contribution is 0.458. The van der Waals surface area contributed by atoms with Crippen LogP contribution < -0.4 is 5.32 Å².